The summed E-state index contributed by atoms with van der Waals surface area (Å²) in [7, 11) is 1.45. The predicted molar refractivity (Wildman–Crippen MR) is 107 cm³/mol. The molecule has 1 amide bonds. The van der Waals surface area contributed by atoms with E-state index in [9.17, 15) is 9.59 Å². The third-order valence-electron chi connectivity index (χ3n) is 3.78. The van der Waals surface area contributed by atoms with E-state index in [1.165, 1.54) is 26.2 Å². The number of nitrogens with one attached hydrogen (secondary N) is 1. The number of carbonyl (C=O) groups is 2. The molecule has 2 aromatic carbocycles. The highest BCUT2D eigenvalue weighted by molar-refractivity contribution is 6.32. The Bertz CT molecular complexity index is 823. The third-order valence-corrected chi connectivity index (χ3v) is 4.06. The molecule has 0 bridgehead atoms. The molecule has 0 saturated carbocycles. The predicted octanol–water partition coefficient (Wildman–Crippen LogP) is 4.00. The van der Waals surface area contributed by atoms with Crippen LogP contribution in [0.4, 0.5) is 0 Å². The fourth-order valence-corrected chi connectivity index (χ4v) is 2.65. The van der Waals surface area contributed by atoms with E-state index in [2.05, 4.69) is 5.32 Å². The third kappa shape index (κ3) is 5.89. The zero-order valence-electron chi connectivity index (χ0n) is 16.3. The van der Waals surface area contributed by atoms with Gasteiger partial charge in [0.05, 0.1) is 23.8 Å². The number of carbonyl (C=O) groups excluding carboxylic acids is 2. The van der Waals surface area contributed by atoms with Crippen molar-refractivity contribution < 1.29 is 23.8 Å². The van der Waals surface area contributed by atoms with Gasteiger partial charge in [0.2, 0.25) is 0 Å². The van der Waals surface area contributed by atoms with Crippen molar-refractivity contribution in [1.29, 1.82) is 0 Å². The molecular formula is C21H24ClNO5. The molecule has 0 fully saturated rings. The molecule has 0 radical (unpaired) electrons. The number of esters is 1. The van der Waals surface area contributed by atoms with Gasteiger partial charge in [-0.25, -0.2) is 4.79 Å². The number of methoxy groups -OCH3 is 1. The summed E-state index contributed by atoms with van der Waals surface area (Å²) in [5.41, 5.74) is 1.12. The van der Waals surface area contributed by atoms with E-state index < -0.39 is 18.0 Å². The van der Waals surface area contributed by atoms with Crippen LogP contribution in [0.5, 0.6) is 11.5 Å². The standard InChI is InChI=1S/C21H24ClNO5/c1-13(2)27-19-17(22)10-16(11-18(19)26-4)21(25)28-14(3)20(24)23-12-15-8-6-5-7-9-15/h5-11,13-14H,12H2,1-4H3,(H,23,24)/t14-/m1/s1. The Morgan fingerprint density at radius 1 is 1.11 bits per heavy atom. The topological polar surface area (TPSA) is 73.9 Å². The summed E-state index contributed by atoms with van der Waals surface area (Å²) >= 11 is 6.23. The lowest BCUT2D eigenvalue weighted by Crippen LogP contribution is -2.35. The highest BCUT2D eigenvalue weighted by Crippen LogP contribution is 2.37. The van der Waals surface area contributed by atoms with E-state index in [1.54, 1.807) is 0 Å². The number of rotatable bonds is 8. The van der Waals surface area contributed by atoms with Crippen molar-refractivity contribution in [3.8, 4) is 11.5 Å². The van der Waals surface area contributed by atoms with Crippen LogP contribution in [0.15, 0.2) is 42.5 Å². The van der Waals surface area contributed by atoms with Gasteiger partial charge in [0.1, 0.15) is 0 Å². The lowest BCUT2D eigenvalue weighted by atomic mass is 10.2. The van der Waals surface area contributed by atoms with Gasteiger partial charge in [-0.3, -0.25) is 4.79 Å². The molecule has 0 aliphatic heterocycles. The first-order valence-corrected chi connectivity index (χ1v) is 9.26. The maximum Gasteiger partial charge on any atom is 0.339 e. The molecule has 6 nitrogen and oxygen atoms in total. The Hall–Kier alpha value is -2.73. The number of halogens is 1. The number of benzene rings is 2. The molecule has 150 valence electrons. The van der Waals surface area contributed by atoms with Crippen LogP contribution in [0.25, 0.3) is 0 Å². The summed E-state index contributed by atoms with van der Waals surface area (Å²) in [6, 6.07) is 12.4. The van der Waals surface area contributed by atoms with Gasteiger partial charge < -0.3 is 19.5 Å². The molecule has 28 heavy (non-hydrogen) atoms. The lowest BCUT2D eigenvalue weighted by molar-refractivity contribution is -0.129. The van der Waals surface area contributed by atoms with Crippen LogP contribution in [0.3, 0.4) is 0 Å². The smallest absolute Gasteiger partial charge is 0.339 e. The molecule has 0 aliphatic carbocycles. The Morgan fingerprint density at radius 3 is 2.39 bits per heavy atom. The summed E-state index contributed by atoms with van der Waals surface area (Å²) in [6.45, 7) is 5.57. The van der Waals surface area contributed by atoms with Crippen LogP contribution < -0.4 is 14.8 Å². The van der Waals surface area contributed by atoms with Crippen LogP contribution in [-0.4, -0.2) is 31.2 Å². The lowest BCUT2D eigenvalue weighted by Gasteiger charge is -2.17. The Labute approximate surface area is 169 Å². The van der Waals surface area contributed by atoms with E-state index in [4.69, 9.17) is 25.8 Å². The highest BCUT2D eigenvalue weighted by atomic mass is 35.5. The van der Waals surface area contributed by atoms with Gasteiger partial charge in [-0.05, 0) is 38.5 Å². The number of amides is 1. The van der Waals surface area contributed by atoms with Gasteiger partial charge in [0.15, 0.2) is 17.6 Å². The monoisotopic (exact) mass is 405 g/mol. The summed E-state index contributed by atoms with van der Waals surface area (Å²) in [6.07, 6.45) is -1.08. The molecule has 7 heteroatoms. The molecule has 2 rings (SSSR count). The summed E-state index contributed by atoms with van der Waals surface area (Å²) in [4.78, 5) is 24.6. The largest absolute Gasteiger partial charge is 0.493 e. The first-order valence-electron chi connectivity index (χ1n) is 8.88. The molecule has 0 saturated heterocycles. The molecule has 0 aliphatic rings. The van der Waals surface area contributed by atoms with Crippen molar-refractivity contribution in [2.75, 3.05) is 7.11 Å². The van der Waals surface area contributed by atoms with Gasteiger partial charge in [-0.15, -0.1) is 0 Å². The van der Waals surface area contributed by atoms with Crippen molar-refractivity contribution >= 4 is 23.5 Å². The molecular weight excluding hydrogens is 382 g/mol. The number of hydrogen-bond acceptors (Lipinski definition) is 5. The molecule has 0 heterocycles. The quantitative estimate of drug-likeness (QED) is 0.672. The van der Waals surface area contributed by atoms with Gasteiger partial charge in [-0.1, -0.05) is 41.9 Å². The van der Waals surface area contributed by atoms with Crippen molar-refractivity contribution in [3.63, 3.8) is 0 Å². The fraction of sp³-hybridized carbons (Fsp3) is 0.333. The SMILES string of the molecule is COc1cc(C(=O)O[C@H](C)C(=O)NCc2ccccc2)cc(Cl)c1OC(C)C. The minimum atomic E-state index is -0.965. The molecule has 0 aromatic heterocycles. The van der Waals surface area contributed by atoms with Crippen molar-refractivity contribution in [2.45, 2.75) is 39.5 Å². The zero-order chi connectivity index (χ0) is 20.7. The Morgan fingerprint density at radius 2 is 1.79 bits per heavy atom. The van der Waals surface area contributed by atoms with Gasteiger partial charge in [0.25, 0.3) is 5.91 Å². The second-order valence-corrected chi connectivity index (χ2v) is 6.81. The first-order chi connectivity index (χ1) is 13.3. The van der Waals surface area contributed by atoms with Crippen LogP contribution in [0.2, 0.25) is 5.02 Å². The maximum absolute atomic E-state index is 12.4. The number of hydrogen-bond donors (Lipinski definition) is 1. The molecule has 1 atom stereocenters. The van der Waals surface area contributed by atoms with Crippen LogP contribution in [0, 0.1) is 0 Å². The van der Waals surface area contributed by atoms with Gasteiger partial charge >= 0.3 is 5.97 Å². The van der Waals surface area contributed by atoms with Gasteiger partial charge in [0, 0.05) is 6.54 Å². The van der Waals surface area contributed by atoms with Crippen molar-refractivity contribution in [1.82, 2.24) is 5.32 Å². The highest BCUT2D eigenvalue weighted by Gasteiger charge is 2.22. The molecule has 1 N–H and O–H groups in total. The van der Waals surface area contributed by atoms with E-state index in [0.29, 0.717) is 18.0 Å². The second-order valence-electron chi connectivity index (χ2n) is 6.41. The normalized spacial score (nSPS) is 11.6. The minimum absolute atomic E-state index is 0.113. The van der Waals surface area contributed by atoms with E-state index in [-0.39, 0.29) is 16.7 Å². The average molecular weight is 406 g/mol. The Kier molecular flexibility index (Phi) is 7.70. The van der Waals surface area contributed by atoms with E-state index >= 15 is 0 Å². The Balaban J connectivity index is 2.03. The number of ether oxygens (including phenoxy) is 3. The minimum Gasteiger partial charge on any atom is -0.493 e. The van der Waals surface area contributed by atoms with Crippen LogP contribution in [-0.2, 0) is 16.1 Å². The summed E-state index contributed by atoms with van der Waals surface area (Å²) in [5.74, 6) is -0.410. The van der Waals surface area contributed by atoms with E-state index in [1.807, 2.05) is 44.2 Å². The van der Waals surface area contributed by atoms with Crippen molar-refractivity contribution in [3.05, 3.63) is 58.6 Å². The van der Waals surface area contributed by atoms with Crippen LogP contribution in [0.1, 0.15) is 36.7 Å². The van der Waals surface area contributed by atoms with Crippen LogP contribution >= 0.6 is 11.6 Å². The molecule has 0 spiro atoms. The molecule has 2 aromatic rings. The molecule has 0 unspecified atom stereocenters. The van der Waals surface area contributed by atoms with E-state index in [0.717, 1.165) is 5.56 Å². The summed E-state index contributed by atoms with van der Waals surface area (Å²) in [5, 5.41) is 2.96. The summed E-state index contributed by atoms with van der Waals surface area (Å²) < 4.78 is 16.1. The first kappa shape index (κ1) is 21.6. The fourth-order valence-electron chi connectivity index (χ4n) is 2.40. The van der Waals surface area contributed by atoms with Gasteiger partial charge in [-0.2, -0.15) is 0 Å². The second kappa shape index (κ2) is 9.99. The zero-order valence-corrected chi connectivity index (χ0v) is 17.1. The van der Waals surface area contributed by atoms with Crippen molar-refractivity contribution in [2.24, 2.45) is 0 Å². The maximum atomic E-state index is 12.4. The average Bonchev–Trinajstić information content (AvgIpc) is 2.67.